The number of hydrogen-bond donors (Lipinski definition) is 1. The van der Waals surface area contributed by atoms with Crippen molar-refractivity contribution in [2.24, 2.45) is 5.92 Å². The van der Waals surface area contributed by atoms with E-state index in [0.29, 0.717) is 6.54 Å². The summed E-state index contributed by atoms with van der Waals surface area (Å²) in [5.41, 5.74) is 1.02. The molecule has 1 unspecified atom stereocenters. The molecule has 4 nitrogen and oxygen atoms in total. The maximum atomic E-state index is 12.1. The Labute approximate surface area is 138 Å². The summed E-state index contributed by atoms with van der Waals surface area (Å²) in [5.74, 6) is -0.761. The highest BCUT2D eigenvalue weighted by atomic mass is 79.9. The molecular weight excluding hydrogens is 354 g/mol. The number of amides is 1. The van der Waals surface area contributed by atoms with Crippen LogP contribution in [0.3, 0.4) is 0 Å². The van der Waals surface area contributed by atoms with Gasteiger partial charge in [0.05, 0.1) is 5.75 Å². The first-order valence-electron chi connectivity index (χ1n) is 6.64. The van der Waals surface area contributed by atoms with Crippen LogP contribution in [0.15, 0.2) is 28.7 Å². The van der Waals surface area contributed by atoms with Crippen molar-refractivity contribution >= 4 is 39.6 Å². The van der Waals surface area contributed by atoms with Crippen LogP contribution in [0.1, 0.15) is 19.4 Å². The van der Waals surface area contributed by atoms with Crippen molar-refractivity contribution in [3.05, 3.63) is 34.3 Å². The number of thioether (sulfide) groups is 1. The molecule has 0 aliphatic heterocycles. The molecule has 0 bridgehead atoms. The fourth-order valence-corrected chi connectivity index (χ4v) is 3.27. The minimum atomic E-state index is -0.865. The fraction of sp³-hybridized carbons (Fsp3) is 0.467. The Hall–Kier alpha value is -1.01. The van der Waals surface area contributed by atoms with Gasteiger partial charge >= 0.3 is 5.97 Å². The largest absolute Gasteiger partial charge is 0.480 e. The summed E-state index contributed by atoms with van der Waals surface area (Å²) in [5, 5.41) is 8.56. The Morgan fingerprint density at radius 3 is 2.48 bits per heavy atom. The van der Waals surface area contributed by atoms with Crippen molar-refractivity contribution in [3.8, 4) is 0 Å². The summed E-state index contributed by atoms with van der Waals surface area (Å²) in [7, 11) is 1.73. The SMILES string of the molecule is CC(C)C(SCC(=O)N(C)Cc1ccccc1Br)C(=O)O. The molecule has 0 aromatic heterocycles. The number of carbonyl (C=O) groups excluding carboxylic acids is 1. The summed E-state index contributed by atoms with van der Waals surface area (Å²) in [6, 6.07) is 7.73. The van der Waals surface area contributed by atoms with Gasteiger partial charge in [-0.3, -0.25) is 9.59 Å². The molecule has 1 rings (SSSR count). The molecule has 0 radical (unpaired) electrons. The Morgan fingerprint density at radius 1 is 1.33 bits per heavy atom. The second-order valence-corrected chi connectivity index (χ2v) is 7.14. The van der Waals surface area contributed by atoms with E-state index in [2.05, 4.69) is 15.9 Å². The minimum Gasteiger partial charge on any atom is -0.480 e. The van der Waals surface area contributed by atoms with Crippen LogP contribution >= 0.6 is 27.7 Å². The molecule has 1 atom stereocenters. The molecule has 0 aliphatic rings. The zero-order valence-corrected chi connectivity index (χ0v) is 14.8. The average Bonchev–Trinajstić information content (AvgIpc) is 2.40. The molecule has 6 heteroatoms. The van der Waals surface area contributed by atoms with Gasteiger partial charge in [0.1, 0.15) is 5.25 Å². The minimum absolute atomic E-state index is 0.00567. The third kappa shape index (κ3) is 5.71. The van der Waals surface area contributed by atoms with Crippen LogP contribution in [-0.2, 0) is 16.1 Å². The lowest BCUT2D eigenvalue weighted by atomic mass is 10.1. The van der Waals surface area contributed by atoms with Gasteiger partial charge in [0.15, 0.2) is 0 Å². The Morgan fingerprint density at radius 2 is 1.95 bits per heavy atom. The zero-order chi connectivity index (χ0) is 16.0. The molecule has 1 N–H and O–H groups in total. The molecule has 0 saturated carbocycles. The molecule has 1 amide bonds. The van der Waals surface area contributed by atoms with Gasteiger partial charge in [-0.25, -0.2) is 0 Å². The van der Waals surface area contributed by atoms with E-state index in [1.54, 1.807) is 11.9 Å². The summed E-state index contributed by atoms with van der Waals surface area (Å²) < 4.78 is 0.961. The average molecular weight is 374 g/mol. The second-order valence-electron chi connectivity index (χ2n) is 5.16. The quantitative estimate of drug-likeness (QED) is 0.796. The topological polar surface area (TPSA) is 57.6 Å². The highest BCUT2D eigenvalue weighted by Gasteiger charge is 2.23. The third-order valence-electron chi connectivity index (χ3n) is 3.03. The van der Waals surface area contributed by atoms with Gasteiger partial charge in [0.2, 0.25) is 5.91 Å². The van der Waals surface area contributed by atoms with Gasteiger partial charge in [-0.1, -0.05) is 48.0 Å². The van der Waals surface area contributed by atoms with Crippen molar-refractivity contribution < 1.29 is 14.7 Å². The highest BCUT2D eigenvalue weighted by molar-refractivity contribution is 9.10. The number of hydrogen-bond acceptors (Lipinski definition) is 3. The van der Waals surface area contributed by atoms with Crippen LogP contribution in [0.25, 0.3) is 0 Å². The number of rotatable bonds is 7. The lowest BCUT2D eigenvalue weighted by Crippen LogP contribution is -2.31. The molecule has 1 aromatic carbocycles. The van der Waals surface area contributed by atoms with E-state index in [-0.39, 0.29) is 17.6 Å². The van der Waals surface area contributed by atoms with Crippen molar-refractivity contribution in [2.45, 2.75) is 25.6 Å². The number of carbonyl (C=O) groups is 2. The molecule has 0 fully saturated rings. The first-order chi connectivity index (χ1) is 9.82. The first kappa shape index (κ1) is 18.0. The monoisotopic (exact) mass is 373 g/mol. The van der Waals surface area contributed by atoms with Gasteiger partial charge in [-0.2, -0.15) is 0 Å². The number of nitrogens with zero attached hydrogens (tertiary/aromatic N) is 1. The van der Waals surface area contributed by atoms with Gasteiger partial charge in [0, 0.05) is 18.1 Å². The standard InChI is InChI=1S/C15H20BrNO3S/c1-10(2)14(15(19)20)21-9-13(18)17(3)8-11-6-4-5-7-12(11)16/h4-7,10,14H,8-9H2,1-3H3,(H,19,20). The summed E-state index contributed by atoms with van der Waals surface area (Å²) in [6.07, 6.45) is 0. The van der Waals surface area contributed by atoms with E-state index >= 15 is 0 Å². The first-order valence-corrected chi connectivity index (χ1v) is 8.49. The Kier molecular flexibility index (Phi) is 7.25. The van der Waals surface area contributed by atoms with E-state index in [0.717, 1.165) is 10.0 Å². The lowest BCUT2D eigenvalue weighted by molar-refractivity contribution is -0.137. The number of benzene rings is 1. The van der Waals surface area contributed by atoms with E-state index in [4.69, 9.17) is 5.11 Å². The molecule has 0 heterocycles. The van der Waals surface area contributed by atoms with E-state index in [9.17, 15) is 9.59 Å². The number of carboxylic acid groups (broad SMARTS) is 1. The number of carboxylic acids is 1. The Balaban J connectivity index is 2.55. The maximum Gasteiger partial charge on any atom is 0.316 e. The number of aliphatic carboxylic acids is 1. The molecule has 116 valence electrons. The number of halogens is 1. The molecule has 21 heavy (non-hydrogen) atoms. The fourth-order valence-electron chi connectivity index (χ4n) is 1.79. The van der Waals surface area contributed by atoms with Crippen LogP contribution in [0.2, 0.25) is 0 Å². The molecule has 0 aliphatic carbocycles. The summed E-state index contributed by atoms with van der Waals surface area (Å²) in [6.45, 7) is 4.20. The van der Waals surface area contributed by atoms with Crippen LogP contribution in [-0.4, -0.2) is 39.9 Å². The van der Waals surface area contributed by atoms with Crippen LogP contribution in [0.5, 0.6) is 0 Å². The van der Waals surface area contributed by atoms with Gasteiger partial charge in [0.25, 0.3) is 0 Å². The van der Waals surface area contributed by atoms with E-state index in [1.165, 1.54) is 11.8 Å². The maximum absolute atomic E-state index is 12.1. The van der Waals surface area contributed by atoms with Gasteiger partial charge in [-0.05, 0) is 17.5 Å². The van der Waals surface area contributed by atoms with Crippen LogP contribution in [0.4, 0.5) is 0 Å². The van der Waals surface area contributed by atoms with E-state index in [1.807, 2.05) is 38.1 Å². The molecule has 1 aromatic rings. The predicted molar refractivity (Wildman–Crippen MR) is 89.3 cm³/mol. The smallest absolute Gasteiger partial charge is 0.316 e. The van der Waals surface area contributed by atoms with Crippen LogP contribution in [0, 0.1) is 5.92 Å². The highest BCUT2D eigenvalue weighted by Crippen LogP contribution is 2.21. The molecule has 0 spiro atoms. The van der Waals surface area contributed by atoms with Crippen molar-refractivity contribution in [2.75, 3.05) is 12.8 Å². The van der Waals surface area contributed by atoms with Crippen molar-refractivity contribution in [1.29, 1.82) is 0 Å². The van der Waals surface area contributed by atoms with Crippen molar-refractivity contribution in [1.82, 2.24) is 4.90 Å². The summed E-state index contributed by atoms with van der Waals surface area (Å²) >= 11 is 4.64. The van der Waals surface area contributed by atoms with Gasteiger partial charge in [-0.15, -0.1) is 11.8 Å². The Bertz CT molecular complexity index is 507. The van der Waals surface area contributed by atoms with Crippen molar-refractivity contribution in [3.63, 3.8) is 0 Å². The van der Waals surface area contributed by atoms with Gasteiger partial charge < -0.3 is 10.0 Å². The normalized spacial score (nSPS) is 12.2. The predicted octanol–water partition coefficient (Wildman–Crippen LogP) is 3.25. The summed E-state index contributed by atoms with van der Waals surface area (Å²) in [4.78, 5) is 24.8. The lowest BCUT2D eigenvalue weighted by Gasteiger charge is -2.20. The zero-order valence-electron chi connectivity index (χ0n) is 12.4. The second kappa shape index (κ2) is 8.44. The van der Waals surface area contributed by atoms with E-state index < -0.39 is 11.2 Å². The van der Waals surface area contributed by atoms with Crippen LogP contribution < -0.4 is 0 Å². The molecule has 0 saturated heterocycles. The third-order valence-corrected chi connectivity index (χ3v) is 5.32. The molecular formula is C15H20BrNO3S.